The zero-order valence-electron chi connectivity index (χ0n) is 20.0. The summed E-state index contributed by atoms with van der Waals surface area (Å²) in [6.07, 6.45) is 5.43. The van der Waals surface area contributed by atoms with Crippen molar-refractivity contribution in [1.29, 1.82) is 0 Å². The number of carbonyl (C=O) groups is 3. The number of hydrogen-bond acceptors (Lipinski definition) is 5. The van der Waals surface area contributed by atoms with Gasteiger partial charge in [-0.15, -0.1) is 0 Å². The van der Waals surface area contributed by atoms with Gasteiger partial charge >= 0.3 is 0 Å². The monoisotopic (exact) mass is 451 g/mol. The standard InChI is InChI=1S/C25H33N5O3/c1-5-6-12-27(3)23(31)18-10-13-29(14-11-18)21-9-7-8-20-22(21)25(33)30(24(20)32)16-19-15-28(4)26-17(19)2/h7-9,15,18H,5-6,10-14,16H2,1-4H3. The van der Waals surface area contributed by atoms with Crippen LogP contribution >= 0.6 is 0 Å². The van der Waals surface area contributed by atoms with Crippen molar-refractivity contribution in [2.45, 2.75) is 46.1 Å². The first kappa shape index (κ1) is 23.0. The SMILES string of the molecule is CCCCN(C)C(=O)C1CCN(c2cccc3c2C(=O)N(Cc2cn(C)nc2C)C3=O)CC1. The summed E-state index contributed by atoms with van der Waals surface area (Å²) in [5.41, 5.74) is 3.40. The third kappa shape index (κ3) is 4.38. The van der Waals surface area contributed by atoms with Crippen molar-refractivity contribution < 1.29 is 14.4 Å². The molecule has 2 aromatic rings. The van der Waals surface area contributed by atoms with E-state index >= 15 is 0 Å². The van der Waals surface area contributed by atoms with Crippen molar-refractivity contribution in [3.63, 3.8) is 0 Å². The molecule has 1 saturated heterocycles. The maximum Gasteiger partial charge on any atom is 0.263 e. The van der Waals surface area contributed by atoms with Gasteiger partial charge in [-0.2, -0.15) is 5.10 Å². The van der Waals surface area contributed by atoms with Gasteiger partial charge in [0.05, 0.1) is 29.1 Å². The highest BCUT2D eigenvalue weighted by Gasteiger charge is 2.39. The maximum absolute atomic E-state index is 13.3. The Bertz CT molecular complexity index is 1070. The Balaban J connectivity index is 1.48. The lowest BCUT2D eigenvalue weighted by atomic mass is 9.94. The van der Waals surface area contributed by atoms with Crippen molar-refractivity contribution in [3.05, 3.63) is 46.8 Å². The Morgan fingerprint density at radius 1 is 1.18 bits per heavy atom. The topological polar surface area (TPSA) is 78.8 Å². The number of anilines is 1. The van der Waals surface area contributed by atoms with E-state index < -0.39 is 0 Å². The lowest BCUT2D eigenvalue weighted by molar-refractivity contribution is -0.134. The molecule has 3 amide bonds. The van der Waals surface area contributed by atoms with Gasteiger partial charge in [0, 0.05) is 51.4 Å². The van der Waals surface area contributed by atoms with Crippen LogP contribution in [0.4, 0.5) is 5.69 Å². The fourth-order valence-electron chi connectivity index (χ4n) is 4.88. The molecule has 0 N–H and O–H groups in total. The van der Waals surface area contributed by atoms with E-state index in [-0.39, 0.29) is 30.2 Å². The molecule has 2 aliphatic heterocycles. The second kappa shape index (κ2) is 9.37. The van der Waals surface area contributed by atoms with Gasteiger partial charge in [0.15, 0.2) is 0 Å². The first-order chi connectivity index (χ1) is 15.8. The molecule has 0 radical (unpaired) electrons. The van der Waals surface area contributed by atoms with Crippen LogP contribution in [0.3, 0.4) is 0 Å². The van der Waals surface area contributed by atoms with Gasteiger partial charge in [0.2, 0.25) is 5.91 Å². The van der Waals surface area contributed by atoms with Crippen molar-refractivity contribution in [2.24, 2.45) is 13.0 Å². The predicted molar refractivity (Wildman–Crippen MR) is 126 cm³/mol. The minimum atomic E-state index is -0.261. The first-order valence-corrected chi connectivity index (χ1v) is 11.8. The zero-order valence-corrected chi connectivity index (χ0v) is 20.0. The molecule has 4 rings (SSSR count). The van der Waals surface area contributed by atoms with E-state index in [0.29, 0.717) is 24.2 Å². The lowest BCUT2D eigenvalue weighted by Crippen LogP contribution is -2.42. The number of aryl methyl sites for hydroxylation is 2. The number of hydrogen-bond donors (Lipinski definition) is 0. The Morgan fingerprint density at radius 3 is 2.55 bits per heavy atom. The van der Waals surface area contributed by atoms with Gasteiger partial charge in [-0.05, 0) is 38.3 Å². The number of piperidine rings is 1. The highest BCUT2D eigenvalue weighted by Crippen LogP contribution is 2.35. The fraction of sp³-hybridized carbons (Fsp3) is 0.520. The van der Waals surface area contributed by atoms with Gasteiger partial charge in [0.1, 0.15) is 0 Å². The molecule has 0 unspecified atom stereocenters. The molecule has 176 valence electrons. The molecule has 0 aliphatic carbocycles. The summed E-state index contributed by atoms with van der Waals surface area (Å²) in [4.78, 5) is 44.5. The molecule has 0 bridgehead atoms. The fourth-order valence-corrected chi connectivity index (χ4v) is 4.88. The molecule has 33 heavy (non-hydrogen) atoms. The summed E-state index contributed by atoms with van der Waals surface area (Å²) in [6, 6.07) is 5.49. The molecule has 8 nitrogen and oxygen atoms in total. The van der Waals surface area contributed by atoms with Crippen LogP contribution in [0.5, 0.6) is 0 Å². The number of unbranched alkanes of at least 4 members (excludes halogenated alkanes) is 1. The van der Waals surface area contributed by atoms with Crippen molar-refractivity contribution in [3.8, 4) is 0 Å². The highest BCUT2D eigenvalue weighted by molar-refractivity contribution is 6.23. The molecule has 0 spiro atoms. The number of carbonyl (C=O) groups excluding carboxylic acids is 3. The third-order valence-electron chi connectivity index (χ3n) is 6.83. The Labute approximate surface area is 195 Å². The van der Waals surface area contributed by atoms with Crippen molar-refractivity contribution in [2.75, 3.05) is 31.6 Å². The molecule has 3 heterocycles. The number of fused-ring (bicyclic) bond motifs is 1. The van der Waals surface area contributed by atoms with Gasteiger partial charge in [-0.1, -0.05) is 19.4 Å². The van der Waals surface area contributed by atoms with Crippen LogP contribution in [0.25, 0.3) is 0 Å². The van der Waals surface area contributed by atoms with E-state index in [2.05, 4.69) is 16.9 Å². The Morgan fingerprint density at radius 2 is 1.91 bits per heavy atom. The molecule has 1 fully saturated rings. The molecular formula is C25H33N5O3. The van der Waals surface area contributed by atoms with Crippen LogP contribution in [-0.4, -0.2) is 64.0 Å². The molecule has 8 heteroatoms. The molecular weight excluding hydrogens is 418 g/mol. The van der Waals surface area contributed by atoms with Crippen LogP contribution in [0, 0.1) is 12.8 Å². The summed E-state index contributed by atoms with van der Waals surface area (Å²) < 4.78 is 1.69. The van der Waals surface area contributed by atoms with Gasteiger partial charge in [0.25, 0.3) is 11.8 Å². The average Bonchev–Trinajstić information content (AvgIpc) is 3.27. The first-order valence-electron chi connectivity index (χ1n) is 11.8. The average molecular weight is 452 g/mol. The van der Waals surface area contributed by atoms with Crippen molar-refractivity contribution >= 4 is 23.4 Å². The van der Waals surface area contributed by atoms with Crippen LogP contribution in [0.1, 0.15) is 64.6 Å². The third-order valence-corrected chi connectivity index (χ3v) is 6.83. The van der Waals surface area contributed by atoms with Gasteiger partial charge in [-0.25, -0.2) is 0 Å². The summed E-state index contributed by atoms with van der Waals surface area (Å²) in [6.45, 7) is 6.40. The predicted octanol–water partition coefficient (Wildman–Crippen LogP) is 3.00. The maximum atomic E-state index is 13.3. The normalized spacial score (nSPS) is 16.5. The second-order valence-corrected chi connectivity index (χ2v) is 9.18. The minimum absolute atomic E-state index is 0.0160. The second-order valence-electron chi connectivity index (χ2n) is 9.18. The molecule has 0 saturated carbocycles. The highest BCUT2D eigenvalue weighted by atomic mass is 16.2. The van der Waals surface area contributed by atoms with E-state index in [9.17, 15) is 14.4 Å². The zero-order chi connectivity index (χ0) is 23.7. The number of rotatable bonds is 7. The molecule has 0 atom stereocenters. The van der Waals surface area contributed by atoms with E-state index in [0.717, 1.165) is 49.2 Å². The lowest BCUT2D eigenvalue weighted by Gasteiger charge is -2.35. The van der Waals surface area contributed by atoms with Crippen LogP contribution in [0.2, 0.25) is 0 Å². The summed E-state index contributed by atoms with van der Waals surface area (Å²) in [5.74, 6) is -0.290. The molecule has 1 aromatic carbocycles. The smallest absolute Gasteiger partial charge is 0.263 e. The number of amides is 3. The van der Waals surface area contributed by atoms with Gasteiger partial charge in [-0.3, -0.25) is 24.0 Å². The Kier molecular flexibility index (Phi) is 6.54. The van der Waals surface area contributed by atoms with Crippen molar-refractivity contribution in [1.82, 2.24) is 19.6 Å². The molecule has 2 aliphatic rings. The summed E-state index contributed by atoms with van der Waals surface area (Å²) >= 11 is 0. The van der Waals surface area contributed by atoms with E-state index in [1.807, 2.05) is 44.2 Å². The number of nitrogens with zero attached hydrogens (tertiary/aromatic N) is 5. The number of benzene rings is 1. The van der Waals surface area contributed by atoms with E-state index in [1.54, 1.807) is 10.7 Å². The summed E-state index contributed by atoms with van der Waals surface area (Å²) in [7, 11) is 3.71. The Hall–Kier alpha value is -3.16. The minimum Gasteiger partial charge on any atom is -0.371 e. The molecule has 1 aromatic heterocycles. The number of imide groups is 1. The van der Waals surface area contributed by atoms with E-state index in [4.69, 9.17) is 0 Å². The quantitative estimate of drug-likeness (QED) is 0.605. The van der Waals surface area contributed by atoms with Crippen LogP contribution in [-0.2, 0) is 18.4 Å². The largest absolute Gasteiger partial charge is 0.371 e. The van der Waals surface area contributed by atoms with Crippen LogP contribution < -0.4 is 4.90 Å². The van der Waals surface area contributed by atoms with Crippen LogP contribution in [0.15, 0.2) is 24.4 Å². The van der Waals surface area contributed by atoms with E-state index in [1.165, 1.54) is 4.90 Å². The summed E-state index contributed by atoms with van der Waals surface area (Å²) in [5, 5.41) is 4.32. The van der Waals surface area contributed by atoms with Gasteiger partial charge < -0.3 is 9.80 Å². The number of aromatic nitrogens is 2.